The van der Waals surface area contributed by atoms with Gasteiger partial charge in [-0.15, -0.1) is 0 Å². The van der Waals surface area contributed by atoms with E-state index in [2.05, 4.69) is 82.6 Å². The zero-order valence-corrected chi connectivity index (χ0v) is 31.5. The van der Waals surface area contributed by atoms with Crippen LogP contribution in [0, 0.1) is 58.7 Å². The Hall–Kier alpha value is -3.46. The maximum absolute atomic E-state index is 2.90. The van der Waals surface area contributed by atoms with Gasteiger partial charge in [0.15, 0.2) is 0 Å². The van der Waals surface area contributed by atoms with E-state index < -0.39 is 0 Å². The lowest BCUT2D eigenvalue weighted by molar-refractivity contribution is -0.395. The van der Waals surface area contributed by atoms with Crippen molar-refractivity contribution in [3.63, 3.8) is 0 Å². The van der Waals surface area contributed by atoms with Crippen LogP contribution in [-0.4, -0.2) is 13.3 Å². The van der Waals surface area contributed by atoms with Crippen molar-refractivity contribution in [1.82, 2.24) is 0 Å². The Labute approximate surface area is 320 Å². The highest BCUT2D eigenvalue weighted by molar-refractivity contribution is 7.00. The Bertz CT molecular complexity index is 2460. The fraction of sp³-hybridized carbons (Fsp3) is 0.529. The third kappa shape index (κ3) is 2.57. The molecule has 11 saturated carbocycles. The fourth-order valence-electron chi connectivity index (χ4n) is 20.2. The molecule has 3 heteroatoms. The van der Waals surface area contributed by atoms with E-state index in [1.54, 1.807) is 57.3 Å². The molecule has 0 aromatic heterocycles. The monoisotopic (exact) mass is 700 g/mol. The Balaban J connectivity index is 0.928. The Morgan fingerprint density at radius 3 is 2.09 bits per heavy atom. The second-order valence-electron chi connectivity index (χ2n) is 22.2. The van der Waals surface area contributed by atoms with Crippen LogP contribution in [0.5, 0.6) is 0 Å². The third-order valence-corrected chi connectivity index (χ3v) is 21.5. The van der Waals surface area contributed by atoms with Gasteiger partial charge in [-0.25, -0.2) is 0 Å². The number of fused-ring (bicyclic) bond motifs is 5. The predicted octanol–water partition coefficient (Wildman–Crippen LogP) is 9.06. The quantitative estimate of drug-likeness (QED) is 0.173. The standard InChI is InChI=1S/C51H49BN2/c1-2-4-37(5-3-1)54-43-18-31(49-21-27-12-30(24-49)40(49)13-27)6-8-41(43)52-42-9-7-39(50-25-35-16-34-17-36(26-50)51(34,35)50)38-10-11-53(47(38)42)44-19-33(20-45(54)46(44)52)48-22-28-14-32(48)15-29(28)23-48/h1-9,18-20,27-30,32,34-36,40H,10-17,21-26H2. The van der Waals surface area contributed by atoms with Crippen LogP contribution in [-0.2, 0) is 22.7 Å². The van der Waals surface area contributed by atoms with Crippen LogP contribution >= 0.6 is 0 Å². The van der Waals surface area contributed by atoms with Crippen LogP contribution in [0.1, 0.15) is 99.3 Å². The molecule has 2 nitrogen and oxygen atoms in total. The largest absolute Gasteiger partial charge is 0.342 e. The molecule has 11 aliphatic carbocycles. The zero-order valence-electron chi connectivity index (χ0n) is 31.5. The van der Waals surface area contributed by atoms with Crippen LogP contribution in [0.3, 0.4) is 0 Å². The Morgan fingerprint density at radius 1 is 0.593 bits per heavy atom. The summed E-state index contributed by atoms with van der Waals surface area (Å²) in [7, 11) is 0. The van der Waals surface area contributed by atoms with Crippen LogP contribution in [0.15, 0.2) is 72.8 Å². The van der Waals surface area contributed by atoms with E-state index >= 15 is 0 Å². The molecule has 18 rings (SSSR count). The molecule has 3 aliphatic heterocycles. The van der Waals surface area contributed by atoms with Crippen molar-refractivity contribution in [3.8, 4) is 0 Å². The summed E-state index contributed by atoms with van der Waals surface area (Å²) in [6.07, 6.45) is 19.1. The van der Waals surface area contributed by atoms with E-state index in [1.807, 2.05) is 5.56 Å². The highest BCUT2D eigenvalue weighted by atomic mass is 15.2. The van der Waals surface area contributed by atoms with Gasteiger partial charge in [0.05, 0.1) is 0 Å². The minimum Gasteiger partial charge on any atom is -0.342 e. The first-order chi connectivity index (χ1) is 26.6. The molecule has 14 aliphatic rings. The molecule has 0 radical (unpaired) electrons. The lowest BCUT2D eigenvalue weighted by Crippen LogP contribution is -2.87. The van der Waals surface area contributed by atoms with Crippen LogP contribution < -0.4 is 26.2 Å². The normalized spacial score (nSPS) is 46.2. The summed E-state index contributed by atoms with van der Waals surface area (Å²) in [5, 5.41) is 0. The molecule has 0 N–H and O–H groups in total. The van der Waals surface area contributed by atoms with E-state index in [9.17, 15) is 0 Å². The molecule has 0 saturated heterocycles. The van der Waals surface area contributed by atoms with E-state index in [0.29, 0.717) is 23.0 Å². The van der Waals surface area contributed by atoms with E-state index in [4.69, 9.17) is 0 Å². The SMILES string of the molecule is c1ccc(N2c3cc(C45CC6CC(C4)C5C6)ccc3B3c4ccc(C56CC7CC8CC(C5)C876)c5c4N(CC5)c4cc(C56CC7CC5CC7C6)cc2c43)cc1. The topological polar surface area (TPSA) is 6.48 Å². The van der Waals surface area contributed by atoms with Crippen molar-refractivity contribution in [2.24, 2.45) is 58.7 Å². The zero-order chi connectivity index (χ0) is 34.2. The fourth-order valence-corrected chi connectivity index (χ4v) is 20.2. The van der Waals surface area contributed by atoms with Gasteiger partial charge in [0.1, 0.15) is 0 Å². The van der Waals surface area contributed by atoms with E-state index in [0.717, 1.165) is 65.2 Å². The summed E-state index contributed by atoms with van der Waals surface area (Å²) >= 11 is 0. The van der Waals surface area contributed by atoms with Gasteiger partial charge in [0.2, 0.25) is 0 Å². The molecule has 0 amide bonds. The Morgan fingerprint density at radius 2 is 1.37 bits per heavy atom. The summed E-state index contributed by atoms with van der Waals surface area (Å²) in [4.78, 5) is 5.69. The maximum atomic E-state index is 2.90. The number of benzene rings is 4. The van der Waals surface area contributed by atoms with Gasteiger partial charge in [-0.3, -0.25) is 0 Å². The van der Waals surface area contributed by atoms with Crippen molar-refractivity contribution in [2.75, 3.05) is 16.3 Å². The highest BCUT2D eigenvalue weighted by Crippen LogP contribution is 2.93. The number of hydrogen-bond donors (Lipinski definition) is 0. The minimum absolute atomic E-state index is 0.307. The van der Waals surface area contributed by atoms with Crippen molar-refractivity contribution in [1.29, 1.82) is 0 Å². The first-order valence-corrected chi connectivity index (χ1v) is 22.7. The van der Waals surface area contributed by atoms with E-state index in [1.165, 1.54) is 87.7 Å². The summed E-state index contributed by atoms with van der Waals surface area (Å²) < 4.78 is 0. The van der Waals surface area contributed by atoms with Gasteiger partial charge in [0.25, 0.3) is 6.71 Å². The summed E-state index contributed by atoms with van der Waals surface area (Å²) in [6, 6.07) is 30.7. The number of hydrogen-bond acceptors (Lipinski definition) is 2. The molecule has 6 bridgehead atoms. The van der Waals surface area contributed by atoms with Gasteiger partial charge in [-0.05, 0) is 222 Å². The molecule has 3 heterocycles. The number of rotatable bonds is 4. The highest BCUT2D eigenvalue weighted by Gasteiger charge is 2.88. The second-order valence-corrected chi connectivity index (χ2v) is 22.2. The van der Waals surface area contributed by atoms with Gasteiger partial charge in [-0.2, -0.15) is 0 Å². The molecular formula is C51H49BN2. The second kappa shape index (κ2) is 8.31. The maximum Gasteiger partial charge on any atom is 0.252 e. The van der Waals surface area contributed by atoms with Gasteiger partial charge >= 0.3 is 0 Å². The summed E-state index contributed by atoms with van der Waals surface area (Å²) in [5.74, 6) is 8.93. The number of anilines is 5. The lowest BCUT2D eigenvalue weighted by Gasteiger charge is -2.91. The van der Waals surface area contributed by atoms with Gasteiger partial charge in [0, 0.05) is 40.4 Å². The van der Waals surface area contributed by atoms with Gasteiger partial charge in [-0.1, -0.05) is 42.5 Å². The van der Waals surface area contributed by atoms with Crippen molar-refractivity contribution < 1.29 is 0 Å². The van der Waals surface area contributed by atoms with Crippen molar-refractivity contribution in [2.45, 2.75) is 99.7 Å². The molecule has 8 atom stereocenters. The smallest absolute Gasteiger partial charge is 0.252 e. The molecule has 54 heavy (non-hydrogen) atoms. The number of para-hydroxylation sites is 1. The van der Waals surface area contributed by atoms with Crippen LogP contribution in [0.25, 0.3) is 0 Å². The molecule has 11 fully saturated rings. The predicted molar refractivity (Wildman–Crippen MR) is 217 cm³/mol. The van der Waals surface area contributed by atoms with Crippen LogP contribution in [0.2, 0.25) is 0 Å². The molecule has 266 valence electrons. The average Bonchev–Trinajstić information content (AvgIpc) is 4.04. The first-order valence-electron chi connectivity index (χ1n) is 22.7. The Kier molecular flexibility index (Phi) is 4.31. The third-order valence-electron chi connectivity index (χ3n) is 21.5. The number of nitrogens with zero attached hydrogens (tertiary/aromatic N) is 2. The average molecular weight is 701 g/mol. The van der Waals surface area contributed by atoms with Crippen molar-refractivity contribution in [3.05, 3.63) is 95.1 Å². The van der Waals surface area contributed by atoms with Crippen molar-refractivity contribution >= 4 is 51.5 Å². The first kappa shape index (κ1) is 28.0. The van der Waals surface area contributed by atoms with E-state index in [-0.39, 0.29) is 0 Å². The molecule has 4 aromatic rings. The molecule has 1 spiro atoms. The minimum atomic E-state index is 0.307. The molecular weight excluding hydrogens is 651 g/mol. The van der Waals surface area contributed by atoms with Crippen LogP contribution in [0.4, 0.5) is 28.4 Å². The summed E-state index contributed by atoms with van der Waals surface area (Å²) in [6.45, 7) is 1.47. The molecule has 4 aromatic carbocycles. The summed E-state index contributed by atoms with van der Waals surface area (Å²) in [5.41, 5.74) is 21.5. The molecule has 8 unspecified atom stereocenters. The lowest BCUT2D eigenvalue weighted by atomic mass is 9.12. The van der Waals surface area contributed by atoms with Gasteiger partial charge < -0.3 is 9.80 Å².